The number of nitrogens with two attached hydrogens (primary N) is 1. The van der Waals surface area contributed by atoms with E-state index in [9.17, 15) is 0 Å². The van der Waals surface area contributed by atoms with Gasteiger partial charge in [-0.05, 0) is 6.42 Å². The highest BCUT2D eigenvalue weighted by molar-refractivity contribution is 7.13. The molecule has 2 rings (SSSR count). The van der Waals surface area contributed by atoms with E-state index >= 15 is 0 Å². The van der Waals surface area contributed by atoms with Crippen molar-refractivity contribution in [3.05, 3.63) is 15.3 Å². The Labute approximate surface area is 104 Å². The number of rotatable bonds is 3. The van der Waals surface area contributed by atoms with Crippen LogP contribution in [-0.4, -0.2) is 18.5 Å². The van der Waals surface area contributed by atoms with Crippen LogP contribution in [0.5, 0.6) is 5.75 Å². The second-order valence-electron chi connectivity index (χ2n) is 3.86. The van der Waals surface area contributed by atoms with E-state index in [2.05, 4.69) is 11.9 Å². The summed E-state index contributed by atoms with van der Waals surface area (Å²) in [6.45, 7) is 2.74. The molecule has 0 bridgehead atoms. The van der Waals surface area contributed by atoms with Crippen LogP contribution < -0.4 is 10.5 Å². The normalized spacial score (nSPS) is 19.6. The highest BCUT2D eigenvalue weighted by atomic mass is 35.5. The molecule has 0 saturated heterocycles. The summed E-state index contributed by atoms with van der Waals surface area (Å²) < 4.78 is 5.68. The number of ether oxygens (including phenoxy) is 1. The molecule has 1 aromatic rings. The van der Waals surface area contributed by atoms with Gasteiger partial charge in [0.1, 0.15) is 17.3 Å². The van der Waals surface area contributed by atoms with Crippen LogP contribution in [0.3, 0.4) is 0 Å². The zero-order chi connectivity index (χ0) is 11.5. The smallest absolute Gasteiger partial charge is 0.159 e. The average Bonchev–Trinajstić information content (AvgIpc) is 2.55. The number of aliphatic imine (C=N–C) groups is 1. The molecule has 1 aliphatic heterocycles. The van der Waals surface area contributed by atoms with Crippen LogP contribution in [-0.2, 0) is 0 Å². The molecule has 2 N–H and O–H groups in total. The Balaban J connectivity index is 2.17. The van der Waals surface area contributed by atoms with Crippen LogP contribution in [0.25, 0.3) is 0 Å². The number of amidine groups is 1. The summed E-state index contributed by atoms with van der Waals surface area (Å²) in [6, 6.07) is 0.163. The van der Waals surface area contributed by atoms with E-state index < -0.39 is 0 Å². The molecule has 16 heavy (non-hydrogen) atoms. The molecule has 2 heterocycles. The van der Waals surface area contributed by atoms with Gasteiger partial charge in [0.2, 0.25) is 0 Å². The fraction of sp³-hybridized carbons (Fsp3) is 0.545. The Morgan fingerprint density at radius 3 is 3.25 bits per heavy atom. The molecule has 0 fully saturated rings. The molecular formula is C11H15ClN2OS. The monoisotopic (exact) mass is 258 g/mol. The maximum absolute atomic E-state index is 6.02. The molecular weight excluding hydrogens is 244 g/mol. The first-order valence-electron chi connectivity index (χ1n) is 5.45. The number of thiophene rings is 1. The van der Waals surface area contributed by atoms with E-state index in [0.29, 0.717) is 23.2 Å². The summed E-state index contributed by atoms with van der Waals surface area (Å²) >= 11 is 7.51. The lowest BCUT2D eigenvalue weighted by Gasteiger charge is -2.10. The third-order valence-corrected chi connectivity index (χ3v) is 3.96. The van der Waals surface area contributed by atoms with Crippen molar-refractivity contribution >= 4 is 28.8 Å². The molecule has 5 heteroatoms. The van der Waals surface area contributed by atoms with Crippen LogP contribution in [0.4, 0.5) is 0 Å². The quantitative estimate of drug-likeness (QED) is 0.906. The summed E-state index contributed by atoms with van der Waals surface area (Å²) in [6.07, 6.45) is 3.32. The number of nitrogens with zero attached hydrogens (tertiary/aromatic N) is 1. The van der Waals surface area contributed by atoms with Crippen molar-refractivity contribution in [3.63, 3.8) is 0 Å². The summed E-state index contributed by atoms with van der Waals surface area (Å²) in [5.74, 6) is 1.26. The average molecular weight is 259 g/mol. The van der Waals surface area contributed by atoms with Crippen molar-refractivity contribution in [3.8, 4) is 5.75 Å². The Bertz CT molecular complexity index is 403. The van der Waals surface area contributed by atoms with Gasteiger partial charge in [-0.15, -0.1) is 11.3 Å². The first kappa shape index (κ1) is 11.7. The molecule has 0 aromatic carbocycles. The van der Waals surface area contributed by atoms with Gasteiger partial charge < -0.3 is 10.5 Å². The highest BCUT2D eigenvalue weighted by Crippen LogP contribution is 2.36. The minimum Gasteiger partial charge on any atom is -0.488 e. The third-order valence-electron chi connectivity index (χ3n) is 2.57. The number of hydrogen-bond acceptors (Lipinski definition) is 4. The summed E-state index contributed by atoms with van der Waals surface area (Å²) in [5, 5.41) is 2.47. The van der Waals surface area contributed by atoms with Crippen LogP contribution in [0.15, 0.2) is 10.4 Å². The molecule has 88 valence electrons. The topological polar surface area (TPSA) is 47.6 Å². The molecule has 0 amide bonds. The Kier molecular flexibility index (Phi) is 3.71. The van der Waals surface area contributed by atoms with Crippen molar-refractivity contribution in [1.29, 1.82) is 0 Å². The van der Waals surface area contributed by atoms with Gasteiger partial charge >= 0.3 is 0 Å². The molecule has 1 unspecified atom stereocenters. The zero-order valence-electron chi connectivity index (χ0n) is 9.20. The standard InChI is InChI=1S/C11H15ClN2OS/c1-2-3-4-7-5-15-9-8(12)6-16-10(9)11(13)14-7/h6-7H,2-5H2,1H3,(H2,13,14). The van der Waals surface area contributed by atoms with Crippen molar-refractivity contribution in [2.75, 3.05) is 6.61 Å². The van der Waals surface area contributed by atoms with E-state index in [1.807, 2.05) is 5.38 Å². The van der Waals surface area contributed by atoms with Gasteiger partial charge in [0.05, 0.1) is 11.1 Å². The first-order valence-corrected chi connectivity index (χ1v) is 6.71. The third kappa shape index (κ3) is 2.33. The van der Waals surface area contributed by atoms with Gasteiger partial charge in [0.15, 0.2) is 5.75 Å². The van der Waals surface area contributed by atoms with E-state index in [4.69, 9.17) is 22.1 Å². The summed E-state index contributed by atoms with van der Waals surface area (Å²) in [5.41, 5.74) is 5.94. The van der Waals surface area contributed by atoms with Crippen LogP contribution >= 0.6 is 22.9 Å². The molecule has 1 atom stereocenters. The van der Waals surface area contributed by atoms with E-state index in [1.54, 1.807) is 0 Å². The molecule has 0 saturated carbocycles. The van der Waals surface area contributed by atoms with Crippen LogP contribution in [0, 0.1) is 0 Å². The number of unbranched alkanes of at least 4 members (excludes halogenated alkanes) is 1. The maximum atomic E-state index is 6.02. The largest absolute Gasteiger partial charge is 0.488 e. The predicted octanol–water partition coefficient (Wildman–Crippen LogP) is 3.06. The number of hydrogen-bond donors (Lipinski definition) is 1. The van der Waals surface area contributed by atoms with Gasteiger partial charge in [-0.25, -0.2) is 0 Å². The van der Waals surface area contributed by atoms with Crippen molar-refractivity contribution in [2.24, 2.45) is 10.7 Å². The molecule has 0 spiro atoms. The van der Waals surface area contributed by atoms with Crippen molar-refractivity contribution in [2.45, 2.75) is 32.2 Å². The van der Waals surface area contributed by atoms with Gasteiger partial charge in [-0.1, -0.05) is 31.4 Å². The van der Waals surface area contributed by atoms with Crippen molar-refractivity contribution in [1.82, 2.24) is 0 Å². The van der Waals surface area contributed by atoms with Gasteiger partial charge in [0, 0.05) is 5.38 Å². The SMILES string of the molecule is CCCCC1COc2c(Cl)csc2C(N)=N1. The highest BCUT2D eigenvalue weighted by Gasteiger charge is 2.21. The molecule has 0 aliphatic carbocycles. The summed E-state index contributed by atoms with van der Waals surface area (Å²) in [4.78, 5) is 5.35. The lowest BCUT2D eigenvalue weighted by atomic mass is 10.1. The van der Waals surface area contributed by atoms with E-state index in [1.165, 1.54) is 11.3 Å². The van der Waals surface area contributed by atoms with Crippen LogP contribution in [0.1, 0.15) is 31.1 Å². The fourth-order valence-corrected chi connectivity index (χ4v) is 2.81. The Morgan fingerprint density at radius 1 is 1.69 bits per heavy atom. The number of halogens is 1. The van der Waals surface area contributed by atoms with Gasteiger partial charge in [0.25, 0.3) is 0 Å². The predicted molar refractivity (Wildman–Crippen MR) is 68.9 cm³/mol. The molecule has 1 aromatic heterocycles. The lowest BCUT2D eigenvalue weighted by Crippen LogP contribution is -2.18. The first-order chi connectivity index (χ1) is 7.72. The Morgan fingerprint density at radius 2 is 2.50 bits per heavy atom. The van der Waals surface area contributed by atoms with Gasteiger partial charge in [-0.3, -0.25) is 4.99 Å². The maximum Gasteiger partial charge on any atom is 0.159 e. The molecule has 1 aliphatic rings. The van der Waals surface area contributed by atoms with E-state index in [0.717, 1.165) is 24.1 Å². The molecule has 0 radical (unpaired) electrons. The lowest BCUT2D eigenvalue weighted by molar-refractivity contribution is 0.285. The minimum absolute atomic E-state index is 0.163. The zero-order valence-corrected chi connectivity index (χ0v) is 10.8. The summed E-state index contributed by atoms with van der Waals surface area (Å²) in [7, 11) is 0. The Hall–Kier alpha value is -0.740. The van der Waals surface area contributed by atoms with Gasteiger partial charge in [-0.2, -0.15) is 0 Å². The van der Waals surface area contributed by atoms with Crippen molar-refractivity contribution < 1.29 is 4.74 Å². The van der Waals surface area contributed by atoms with Crippen LogP contribution in [0.2, 0.25) is 5.02 Å². The minimum atomic E-state index is 0.163. The second kappa shape index (κ2) is 5.06. The fourth-order valence-electron chi connectivity index (χ4n) is 1.70. The number of fused-ring (bicyclic) bond motifs is 1. The molecule has 3 nitrogen and oxygen atoms in total. The second-order valence-corrected chi connectivity index (χ2v) is 5.15. The van der Waals surface area contributed by atoms with E-state index in [-0.39, 0.29) is 6.04 Å².